The van der Waals surface area contributed by atoms with Crippen LogP contribution in [0.15, 0.2) is 44.7 Å². The summed E-state index contributed by atoms with van der Waals surface area (Å²) in [5.41, 5.74) is 0.235. The minimum Gasteiger partial charge on any atom is -0.456 e. The molecule has 8 heteroatoms. The zero-order chi connectivity index (χ0) is 17.6. The van der Waals surface area contributed by atoms with Gasteiger partial charge in [-0.05, 0) is 36.9 Å². The van der Waals surface area contributed by atoms with Crippen LogP contribution in [0.5, 0.6) is 0 Å². The zero-order valence-corrected chi connectivity index (χ0v) is 14.4. The Morgan fingerprint density at radius 3 is 2.64 bits per heavy atom. The maximum absolute atomic E-state index is 12.0. The van der Waals surface area contributed by atoms with E-state index in [1.165, 1.54) is 11.3 Å². The summed E-state index contributed by atoms with van der Waals surface area (Å²) < 4.78 is 10.4. The van der Waals surface area contributed by atoms with Gasteiger partial charge in [-0.2, -0.15) is 0 Å². The highest BCUT2D eigenvalue weighted by atomic mass is 32.1. The van der Waals surface area contributed by atoms with Crippen LogP contribution < -0.4 is 10.6 Å². The predicted molar refractivity (Wildman–Crippen MR) is 92.5 cm³/mol. The van der Waals surface area contributed by atoms with E-state index in [-0.39, 0.29) is 23.3 Å². The number of hydrogen-bond donors (Lipinski definition) is 2. The van der Waals surface area contributed by atoms with Crippen LogP contribution in [0.1, 0.15) is 33.2 Å². The van der Waals surface area contributed by atoms with Crippen molar-refractivity contribution in [2.45, 2.75) is 13.3 Å². The van der Waals surface area contributed by atoms with Crippen LogP contribution in [0.4, 0.5) is 0 Å². The molecule has 0 aliphatic carbocycles. The van der Waals surface area contributed by atoms with Gasteiger partial charge >= 0.3 is 0 Å². The van der Waals surface area contributed by atoms with Crippen molar-refractivity contribution in [1.82, 2.24) is 15.8 Å². The van der Waals surface area contributed by atoms with Crippen molar-refractivity contribution in [2.24, 2.45) is 0 Å². The molecule has 2 N–H and O–H groups in total. The van der Waals surface area contributed by atoms with Crippen molar-refractivity contribution in [3.8, 4) is 10.6 Å². The summed E-state index contributed by atoms with van der Waals surface area (Å²) in [4.78, 5) is 24.7. The quantitative estimate of drug-likeness (QED) is 0.632. The Balaban J connectivity index is 1.39. The molecule has 0 saturated carbocycles. The fourth-order valence-electron chi connectivity index (χ4n) is 2.14. The number of thiophene rings is 1. The van der Waals surface area contributed by atoms with Gasteiger partial charge in [0.25, 0.3) is 11.8 Å². The Morgan fingerprint density at radius 1 is 1.16 bits per heavy atom. The molecule has 130 valence electrons. The van der Waals surface area contributed by atoms with E-state index < -0.39 is 0 Å². The maximum atomic E-state index is 12.0. The van der Waals surface area contributed by atoms with E-state index in [1.54, 1.807) is 25.1 Å². The summed E-state index contributed by atoms with van der Waals surface area (Å²) in [5.74, 6) is 0.967. The topological polar surface area (TPSA) is 97.4 Å². The molecule has 0 spiro atoms. The molecule has 0 unspecified atom stereocenters. The van der Waals surface area contributed by atoms with Crippen LogP contribution >= 0.6 is 11.3 Å². The summed E-state index contributed by atoms with van der Waals surface area (Å²) in [6.45, 7) is 2.62. The molecule has 0 radical (unpaired) electrons. The summed E-state index contributed by atoms with van der Waals surface area (Å²) in [6, 6.07) is 8.78. The highest BCUT2D eigenvalue weighted by Crippen LogP contribution is 2.24. The van der Waals surface area contributed by atoms with Gasteiger partial charge in [0.05, 0.1) is 4.88 Å². The molecule has 0 saturated heterocycles. The summed E-state index contributed by atoms with van der Waals surface area (Å²) in [6.07, 6.45) is 0.590. The molecule has 2 amide bonds. The fraction of sp³-hybridized carbons (Fsp3) is 0.235. The van der Waals surface area contributed by atoms with Crippen LogP contribution in [-0.4, -0.2) is 30.1 Å². The molecular weight excluding hydrogens is 342 g/mol. The minimum atomic E-state index is -0.306. The Labute approximate surface area is 148 Å². The molecule has 3 aromatic heterocycles. The largest absolute Gasteiger partial charge is 0.456 e. The number of nitrogens with one attached hydrogen (secondary N) is 2. The molecule has 3 heterocycles. The number of aryl methyl sites for hydroxylation is 1. The van der Waals surface area contributed by atoms with E-state index in [1.807, 2.05) is 17.5 Å². The lowest BCUT2D eigenvalue weighted by Crippen LogP contribution is -2.29. The highest BCUT2D eigenvalue weighted by molar-refractivity contribution is 7.13. The van der Waals surface area contributed by atoms with Crippen LogP contribution in [0.2, 0.25) is 0 Å². The second kappa shape index (κ2) is 7.80. The number of rotatable bonds is 7. The molecule has 0 bridgehead atoms. The van der Waals surface area contributed by atoms with Gasteiger partial charge < -0.3 is 19.6 Å². The van der Waals surface area contributed by atoms with Crippen molar-refractivity contribution in [3.05, 3.63) is 52.9 Å². The van der Waals surface area contributed by atoms with Gasteiger partial charge in [0.2, 0.25) is 0 Å². The first-order valence-corrected chi connectivity index (χ1v) is 8.65. The summed E-state index contributed by atoms with van der Waals surface area (Å²) in [7, 11) is 0. The van der Waals surface area contributed by atoms with E-state index >= 15 is 0 Å². The molecule has 0 fully saturated rings. The smallest absolute Gasteiger partial charge is 0.286 e. The first kappa shape index (κ1) is 17.0. The average molecular weight is 359 g/mol. The Bertz CT molecular complexity index is 851. The number of amides is 2. The van der Waals surface area contributed by atoms with Crippen molar-refractivity contribution in [1.29, 1.82) is 0 Å². The van der Waals surface area contributed by atoms with Crippen molar-refractivity contribution in [3.63, 3.8) is 0 Å². The van der Waals surface area contributed by atoms with Crippen molar-refractivity contribution in [2.75, 3.05) is 13.1 Å². The number of hydrogen-bond acceptors (Lipinski definition) is 6. The third-order valence-electron chi connectivity index (χ3n) is 3.40. The summed E-state index contributed by atoms with van der Waals surface area (Å²) >= 11 is 1.51. The highest BCUT2D eigenvalue weighted by Gasteiger charge is 2.14. The van der Waals surface area contributed by atoms with Gasteiger partial charge in [0.15, 0.2) is 17.2 Å². The molecule has 25 heavy (non-hydrogen) atoms. The lowest BCUT2D eigenvalue weighted by Gasteiger charge is -2.04. The third kappa shape index (κ3) is 4.36. The average Bonchev–Trinajstić information content (AvgIpc) is 3.34. The first-order valence-electron chi connectivity index (χ1n) is 7.77. The normalized spacial score (nSPS) is 10.6. The van der Waals surface area contributed by atoms with Crippen LogP contribution in [0.3, 0.4) is 0 Å². The molecule has 3 aromatic rings. The molecule has 0 aliphatic heterocycles. The Morgan fingerprint density at radius 2 is 1.96 bits per heavy atom. The Kier molecular flexibility index (Phi) is 5.30. The lowest BCUT2D eigenvalue weighted by molar-refractivity contribution is 0.0924. The maximum Gasteiger partial charge on any atom is 0.286 e. The molecule has 0 atom stereocenters. The van der Waals surface area contributed by atoms with E-state index in [2.05, 4.69) is 15.8 Å². The van der Waals surface area contributed by atoms with Gasteiger partial charge in [-0.3, -0.25) is 9.59 Å². The molecule has 7 nitrogen and oxygen atoms in total. The van der Waals surface area contributed by atoms with Crippen molar-refractivity contribution >= 4 is 23.2 Å². The SMILES string of the molecule is Cc1ccc(C(=O)NCCCNC(=O)c2cc(-c3cccs3)on2)o1. The van der Waals surface area contributed by atoms with Gasteiger partial charge in [0, 0.05) is 19.2 Å². The monoisotopic (exact) mass is 359 g/mol. The second-order valence-electron chi connectivity index (χ2n) is 5.33. The number of carbonyl (C=O) groups excluding carboxylic acids is 2. The van der Waals surface area contributed by atoms with E-state index in [0.29, 0.717) is 31.0 Å². The number of nitrogens with zero attached hydrogens (tertiary/aromatic N) is 1. The zero-order valence-electron chi connectivity index (χ0n) is 13.6. The third-order valence-corrected chi connectivity index (χ3v) is 4.28. The molecule has 0 aromatic carbocycles. The molecule has 3 rings (SSSR count). The predicted octanol–water partition coefficient (Wildman–Crippen LogP) is 2.85. The van der Waals surface area contributed by atoms with Crippen molar-refractivity contribution < 1.29 is 18.5 Å². The van der Waals surface area contributed by atoms with Crippen LogP contribution in [-0.2, 0) is 0 Å². The van der Waals surface area contributed by atoms with Gasteiger partial charge in [0.1, 0.15) is 5.76 Å². The second-order valence-corrected chi connectivity index (χ2v) is 6.28. The minimum absolute atomic E-state index is 0.235. The van der Waals surface area contributed by atoms with Gasteiger partial charge in [-0.15, -0.1) is 11.3 Å². The van der Waals surface area contributed by atoms with E-state index in [9.17, 15) is 9.59 Å². The number of carbonyl (C=O) groups is 2. The standard InChI is InChI=1S/C17H17N3O4S/c1-11-5-6-13(23-11)17(22)19-8-3-7-18-16(21)12-10-14(24-20-12)15-4-2-9-25-15/h2,4-6,9-10H,3,7-8H2,1H3,(H,18,21)(H,19,22). The Hall–Kier alpha value is -2.87. The summed E-state index contributed by atoms with van der Waals surface area (Å²) in [5, 5.41) is 11.2. The fourth-order valence-corrected chi connectivity index (χ4v) is 2.82. The van der Waals surface area contributed by atoms with Crippen LogP contribution in [0.25, 0.3) is 10.6 Å². The lowest BCUT2D eigenvalue weighted by atomic mass is 10.3. The van der Waals surface area contributed by atoms with Gasteiger partial charge in [-0.25, -0.2) is 0 Å². The van der Waals surface area contributed by atoms with E-state index in [4.69, 9.17) is 8.94 Å². The van der Waals surface area contributed by atoms with Crippen LogP contribution in [0, 0.1) is 6.92 Å². The van der Waals surface area contributed by atoms with Gasteiger partial charge in [-0.1, -0.05) is 11.2 Å². The number of aromatic nitrogens is 1. The molecular formula is C17H17N3O4S. The first-order chi connectivity index (χ1) is 12.1. The molecule has 0 aliphatic rings. The number of furan rings is 1. The van der Waals surface area contributed by atoms with E-state index in [0.717, 1.165) is 4.88 Å².